The molecule has 0 atom stereocenters. The number of rotatable bonds is 4. The molecule has 9 aromatic rings. The summed E-state index contributed by atoms with van der Waals surface area (Å²) >= 11 is 0. The Hall–Kier alpha value is -6.37. The summed E-state index contributed by atoms with van der Waals surface area (Å²) in [5.41, 5.74) is 12.4. The molecular formula is C43H25NO2. The first-order valence-corrected chi connectivity index (χ1v) is 15.3. The number of fused-ring (bicyclic) bond motifs is 6. The van der Waals surface area contributed by atoms with Gasteiger partial charge in [0, 0.05) is 32.7 Å². The van der Waals surface area contributed by atoms with Crippen molar-refractivity contribution in [2.45, 2.75) is 0 Å². The van der Waals surface area contributed by atoms with E-state index < -0.39 is 0 Å². The van der Waals surface area contributed by atoms with Crippen molar-refractivity contribution in [1.29, 1.82) is 5.26 Å². The molecule has 7 aromatic carbocycles. The molecule has 0 amide bonds. The van der Waals surface area contributed by atoms with Gasteiger partial charge in [0.2, 0.25) is 0 Å². The van der Waals surface area contributed by atoms with Gasteiger partial charge in [0.25, 0.3) is 0 Å². The van der Waals surface area contributed by atoms with E-state index in [-0.39, 0.29) is 0 Å². The third-order valence-corrected chi connectivity index (χ3v) is 8.98. The Morgan fingerprint density at radius 1 is 0.370 bits per heavy atom. The molecule has 2 heterocycles. The normalized spacial score (nSPS) is 11.5. The zero-order valence-electron chi connectivity index (χ0n) is 24.7. The van der Waals surface area contributed by atoms with E-state index in [0.29, 0.717) is 5.56 Å². The molecule has 0 aliphatic carbocycles. The summed E-state index contributed by atoms with van der Waals surface area (Å²) in [6.07, 6.45) is 0. The summed E-state index contributed by atoms with van der Waals surface area (Å²) in [4.78, 5) is 0. The predicted octanol–water partition coefficient (Wildman–Crippen LogP) is 12.0. The van der Waals surface area contributed by atoms with E-state index in [2.05, 4.69) is 91.0 Å². The Balaban J connectivity index is 1.32. The van der Waals surface area contributed by atoms with Crippen LogP contribution in [0, 0.1) is 11.3 Å². The second-order valence-electron chi connectivity index (χ2n) is 11.6. The molecule has 0 N–H and O–H groups in total. The zero-order valence-corrected chi connectivity index (χ0v) is 24.7. The van der Waals surface area contributed by atoms with Crippen LogP contribution >= 0.6 is 0 Å². The first-order chi connectivity index (χ1) is 22.8. The maximum absolute atomic E-state index is 10.0. The zero-order chi connectivity index (χ0) is 30.6. The molecule has 0 saturated carbocycles. The molecule has 214 valence electrons. The summed E-state index contributed by atoms with van der Waals surface area (Å²) < 4.78 is 12.6. The largest absolute Gasteiger partial charge is 0.456 e. The Bertz CT molecular complexity index is 2670. The van der Waals surface area contributed by atoms with Crippen LogP contribution in [-0.2, 0) is 0 Å². The first kappa shape index (κ1) is 26.1. The van der Waals surface area contributed by atoms with Crippen LogP contribution in [0.2, 0.25) is 0 Å². The summed E-state index contributed by atoms with van der Waals surface area (Å²) in [6.45, 7) is 0. The van der Waals surface area contributed by atoms with Gasteiger partial charge in [-0.15, -0.1) is 0 Å². The van der Waals surface area contributed by atoms with E-state index in [1.165, 1.54) is 0 Å². The lowest BCUT2D eigenvalue weighted by Crippen LogP contribution is -1.92. The lowest BCUT2D eigenvalue weighted by Gasteiger charge is -2.17. The van der Waals surface area contributed by atoms with Crippen molar-refractivity contribution < 1.29 is 8.83 Å². The Labute approximate surface area is 265 Å². The van der Waals surface area contributed by atoms with E-state index in [0.717, 1.165) is 88.4 Å². The first-order valence-electron chi connectivity index (χ1n) is 15.3. The molecule has 3 nitrogen and oxygen atoms in total. The number of hydrogen-bond acceptors (Lipinski definition) is 3. The molecular weight excluding hydrogens is 562 g/mol. The highest BCUT2D eigenvalue weighted by Crippen LogP contribution is 2.44. The van der Waals surface area contributed by atoms with Crippen LogP contribution in [0.1, 0.15) is 5.56 Å². The molecule has 0 fully saturated rings. The summed E-state index contributed by atoms with van der Waals surface area (Å²) in [5.74, 6) is 0. The minimum absolute atomic E-state index is 0.644. The number of furan rings is 2. The molecule has 0 aliphatic rings. The van der Waals surface area contributed by atoms with Crippen LogP contribution in [0.15, 0.2) is 160 Å². The van der Waals surface area contributed by atoms with Crippen molar-refractivity contribution in [2.75, 3.05) is 0 Å². The third-order valence-electron chi connectivity index (χ3n) is 8.98. The topological polar surface area (TPSA) is 50.1 Å². The quantitative estimate of drug-likeness (QED) is 0.206. The number of nitriles is 1. The third kappa shape index (κ3) is 4.05. The van der Waals surface area contributed by atoms with E-state index >= 15 is 0 Å². The molecule has 0 saturated heterocycles. The Kier molecular flexibility index (Phi) is 5.88. The lowest BCUT2D eigenvalue weighted by molar-refractivity contribution is 0.669. The molecule has 46 heavy (non-hydrogen) atoms. The van der Waals surface area contributed by atoms with E-state index in [1.807, 2.05) is 66.7 Å². The standard InChI is InChI=1S/C43H25NO2/c44-26-29-10-1-2-11-30(29)33-12-3-4-13-34(33)38-24-28(32-16-9-17-37-35-14-5-8-19-41(35)46-43(32)37)20-22-31(38)27-21-23-42-39(25-27)36-15-6-7-18-40(36)45-42/h1-25H. The average molecular weight is 588 g/mol. The van der Waals surface area contributed by atoms with Gasteiger partial charge >= 0.3 is 0 Å². The van der Waals surface area contributed by atoms with Crippen molar-refractivity contribution in [2.24, 2.45) is 0 Å². The van der Waals surface area contributed by atoms with Crippen molar-refractivity contribution in [1.82, 2.24) is 0 Å². The fourth-order valence-electron chi connectivity index (χ4n) is 6.82. The van der Waals surface area contributed by atoms with Crippen molar-refractivity contribution in [3.8, 4) is 50.6 Å². The molecule has 0 spiro atoms. The van der Waals surface area contributed by atoms with Crippen LogP contribution in [0.25, 0.3) is 88.4 Å². The van der Waals surface area contributed by atoms with Crippen molar-refractivity contribution in [3.63, 3.8) is 0 Å². The molecule has 2 aromatic heterocycles. The fraction of sp³-hybridized carbons (Fsp3) is 0. The van der Waals surface area contributed by atoms with E-state index in [9.17, 15) is 5.26 Å². The van der Waals surface area contributed by atoms with Crippen LogP contribution in [-0.4, -0.2) is 0 Å². The monoisotopic (exact) mass is 587 g/mol. The van der Waals surface area contributed by atoms with Gasteiger partial charge in [-0.2, -0.15) is 5.26 Å². The van der Waals surface area contributed by atoms with Gasteiger partial charge in [-0.05, 0) is 69.8 Å². The molecule has 0 radical (unpaired) electrons. The van der Waals surface area contributed by atoms with Gasteiger partial charge in [-0.3, -0.25) is 0 Å². The Morgan fingerprint density at radius 2 is 0.935 bits per heavy atom. The minimum atomic E-state index is 0.644. The molecule has 0 bridgehead atoms. The van der Waals surface area contributed by atoms with Crippen LogP contribution in [0.3, 0.4) is 0 Å². The highest BCUT2D eigenvalue weighted by atomic mass is 16.3. The van der Waals surface area contributed by atoms with Gasteiger partial charge in [-0.25, -0.2) is 0 Å². The minimum Gasteiger partial charge on any atom is -0.456 e. The number of para-hydroxylation sites is 3. The van der Waals surface area contributed by atoms with Gasteiger partial charge in [-0.1, -0.05) is 115 Å². The van der Waals surface area contributed by atoms with Crippen molar-refractivity contribution >= 4 is 43.9 Å². The number of hydrogen-bond donors (Lipinski definition) is 0. The highest BCUT2D eigenvalue weighted by molar-refractivity contribution is 6.10. The van der Waals surface area contributed by atoms with Crippen molar-refractivity contribution in [3.05, 3.63) is 157 Å². The van der Waals surface area contributed by atoms with E-state index in [4.69, 9.17) is 8.83 Å². The molecule has 0 unspecified atom stereocenters. The lowest BCUT2D eigenvalue weighted by atomic mass is 9.86. The summed E-state index contributed by atoms with van der Waals surface area (Å²) in [6, 6.07) is 54.4. The predicted molar refractivity (Wildman–Crippen MR) is 187 cm³/mol. The molecule has 9 rings (SSSR count). The fourth-order valence-corrected chi connectivity index (χ4v) is 6.82. The number of nitrogens with zero attached hydrogens (tertiary/aromatic N) is 1. The summed E-state index contributed by atoms with van der Waals surface area (Å²) in [5, 5.41) is 14.4. The molecule has 3 heteroatoms. The van der Waals surface area contributed by atoms with Crippen LogP contribution < -0.4 is 0 Å². The number of benzene rings is 7. The van der Waals surface area contributed by atoms with E-state index in [1.54, 1.807) is 0 Å². The maximum atomic E-state index is 10.0. The second-order valence-corrected chi connectivity index (χ2v) is 11.6. The van der Waals surface area contributed by atoms with Gasteiger partial charge in [0.15, 0.2) is 0 Å². The van der Waals surface area contributed by atoms with Gasteiger partial charge in [0.1, 0.15) is 22.3 Å². The smallest absolute Gasteiger partial charge is 0.143 e. The highest BCUT2D eigenvalue weighted by Gasteiger charge is 2.19. The SMILES string of the molecule is N#Cc1ccccc1-c1ccccc1-c1cc(-c2cccc3c2oc2ccccc23)ccc1-c1ccc2oc3ccccc3c2c1. The van der Waals surface area contributed by atoms with Gasteiger partial charge < -0.3 is 8.83 Å². The maximum Gasteiger partial charge on any atom is 0.143 e. The summed E-state index contributed by atoms with van der Waals surface area (Å²) in [7, 11) is 0. The average Bonchev–Trinajstić information content (AvgIpc) is 3.69. The van der Waals surface area contributed by atoms with Gasteiger partial charge in [0.05, 0.1) is 11.6 Å². The van der Waals surface area contributed by atoms with Crippen LogP contribution in [0.5, 0.6) is 0 Å². The molecule has 0 aliphatic heterocycles. The van der Waals surface area contributed by atoms with Crippen LogP contribution in [0.4, 0.5) is 0 Å². The Morgan fingerprint density at radius 3 is 1.74 bits per heavy atom. The second kappa shape index (κ2) is 10.4.